The fourth-order valence-electron chi connectivity index (χ4n) is 1.38. The van der Waals surface area contributed by atoms with Crippen LogP contribution < -0.4 is 4.74 Å². The second kappa shape index (κ2) is 5.56. The zero-order valence-electron chi connectivity index (χ0n) is 9.90. The van der Waals surface area contributed by atoms with Crippen LogP contribution in [-0.2, 0) is 6.61 Å². The Balaban J connectivity index is 1.91. The second-order valence-electron chi connectivity index (χ2n) is 3.74. The molecule has 2 aromatic rings. The lowest BCUT2D eigenvalue weighted by atomic mass is 10.3. The molecule has 1 aromatic carbocycles. The molecule has 0 aliphatic rings. The van der Waals surface area contributed by atoms with Gasteiger partial charge < -0.3 is 9.26 Å². The lowest BCUT2D eigenvalue weighted by molar-refractivity contribution is -0.0328. The highest BCUT2D eigenvalue weighted by Gasteiger charge is 2.29. The van der Waals surface area contributed by atoms with Crippen molar-refractivity contribution in [2.45, 2.75) is 23.9 Å². The Morgan fingerprint density at radius 3 is 2.47 bits per heavy atom. The van der Waals surface area contributed by atoms with Gasteiger partial charge in [0, 0.05) is 11.0 Å². The van der Waals surface area contributed by atoms with Crippen LogP contribution in [0.1, 0.15) is 11.5 Å². The van der Waals surface area contributed by atoms with E-state index in [0.29, 0.717) is 11.5 Å². The van der Waals surface area contributed by atoms with E-state index in [4.69, 9.17) is 9.26 Å². The molecule has 0 unspecified atom stereocenters. The zero-order valence-corrected chi connectivity index (χ0v) is 10.7. The summed E-state index contributed by atoms with van der Waals surface area (Å²) in [6, 6.07) is 7.42. The fourth-order valence-corrected chi connectivity index (χ4v) is 1.92. The third-order valence-electron chi connectivity index (χ3n) is 2.12. The van der Waals surface area contributed by atoms with Gasteiger partial charge in [-0.3, -0.25) is 0 Å². The van der Waals surface area contributed by atoms with Gasteiger partial charge in [0.05, 0.1) is 5.69 Å². The van der Waals surface area contributed by atoms with Crippen molar-refractivity contribution in [2.24, 2.45) is 0 Å². The summed E-state index contributed by atoms with van der Waals surface area (Å²) in [4.78, 5) is 0.121. The maximum Gasteiger partial charge on any atom is 0.446 e. The third-order valence-corrected chi connectivity index (χ3v) is 2.85. The minimum absolute atomic E-state index is 0.121. The van der Waals surface area contributed by atoms with Crippen molar-refractivity contribution >= 4 is 11.8 Å². The van der Waals surface area contributed by atoms with Crippen molar-refractivity contribution in [1.29, 1.82) is 0 Å². The minimum atomic E-state index is -4.28. The van der Waals surface area contributed by atoms with Gasteiger partial charge in [-0.15, -0.1) is 0 Å². The summed E-state index contributed by atoms with van der Waals surface area (Å²) in [5, 5.41) is 3.70. The Hall–Kier alpha value is -1.63. The molecule has 0 saturated heterocycles. The van der Waals surface area contributed by atoms with Crippen molar-refractivity contribution in [2.75, 3.05) is 0 Å². The van der Waals surface area contributed by atoms with E-state index in [0.717, 1.165) is 5.69 Å². The van der Waals surface area contributed by atoms with Crippen molar-refractivity contribution < 1.29 is 22.4 Å². The van der Waals surface area contributed by atoms with Crippen LogP contribution in [0.3, 0.4) is 0 Å². The predicted octanol–water partition coefficient (Wildman–Crippen LogP) is 4.17. The first-order valence-corrected chi connectivity index (χ1v) is 6.15. The molecule has 0 amide bonds. The molecule has 1 heterocycles. The number of alkyl halides is 3. The van der Waals surface area contributed by atoms with E-state index in [-0.39, 0.29) is 23.3 Å². The highest BCUT2D eigenvalue weighted by molar-refractivity contribution is 8.00. The number of benzene rings is 1. The van der Waals surface area contributed by atoms with E-state index in [2.05, 4.69) is 5.16 Å². The lowest BCUT2D eigenvalue weighted by Gasteiger charge is -2.07. The van der Waals surface area contributed by atoms with Gasteiger partial charge in [0.25, 0.3) is 0 Å². The van der Waals surface area contributed by atoms with Gasteiger partial charge in [0.15, 0.2) is 5.76 Å². The van der Waals surface area contributed by atoms with E-state index in [1.165, 1.54) is 24.3 Å². The molecular weight excluding hydrogens is 279 g/mol. The predicted molar refractivity (Wildman–Crippen MR) is 63.9 cm³/mol. The maximum absolute atomic E-state index is 12.1. The zero-order chi connectivity index (χ0) is 13.9. The van der Waals surface area contributed by atoms with E-state index >= 15 is 0 Å². The first-order valence-electron chi connectivity index (χ1n) is 5.33. The van der Waals surface area contributed by atoms with Gasteiger partial charge >= 0.3 is 5.51 Å². The summed E-state index contributed by atoms with van der Waals surface area (Å²) in [7, 11) is 0. The summed E-state index contributed by atoms with van der Waals surface area (Å²) in [5.74, 6) is 1.03. The van der Waals surface area contributed by atoms with Crippen LogP contribution in [-0.4, -0.2) is 10.7 Å². The third kappa shape index (κ3) is 4.51. The lowest BCUT2D eigenvalue weighted by Crippen LogP contribution is -1.99. The molecule has 0 fully saturated rings. The van der Waals surface area contributed by atoms with Gasteiger partial charge in [0.1, 0.15) is 12.4 Å². The average Bonchev–Trinajstić information content (AvgIpc) is 2.72. The van der Waals surface area contributed by atoms with Crippen LogP contribution in [0.2, 0.25) is 0 Å². The number of ether oxygens (including phenoxy) is 1. The highest BCUT2D eigenvalue weighted by atomic mass is 32.2. The van der Waals surface area contributed by atoms with Gasteiger partial charge in [-0.1, -0.05) is 5.16 Å². The number of rotatable bonds is 4. The molecule has 0 aliphatic carbocycles. The summed E-state index contributed by atoms with van der Waals surface area (Å²) in [6.45, 7) is 1.97. The molecule has 3 nitrogen and oxygen atoms in total. The molecule has 0 aliphatic heterocycles. The number of aromatic nitrogens is 1. The normalized spacial score (nSPS) is 11.6. The van der Waals surface area contributed by atoms with Gasteiger partial charge in [-0.05, 0) is 43.0 Å². The number of hydrogen-bond acceptors (Lipinski definition) is 4. The number of hydrogen-bond donors (Lipinski definition) is 0. The Morgan fingerprint density at radius 2 is 1.95 bits per heavy atom. The smallest absolute Gasteiger partial charge is 0.446 e. The summed E-state index contributed by atoms with van der Waals surface area (Å²) >= 11 is -0.157. The van der Waals surface area contributed by atoms with Crippen LogP contribution in [0.4, 0.5) is 13.2 Å². The molecule has 7 heteroatoms. The largest absolute Gasteiger partial charge is 0.486 e. The van der Waals surface area contributed by atoms with E-state index in [1.807, 2.05) is 0 Å². The van der Waals surface area contributed by atoms with E-state index in [9.17, 15) is 13.2 Å². The number of aryl methyl sites for hydroxylation is 1. The minimum Gasteiger partial charge on any atom is -0.486 e. The molecule has 0 saturated carbocycles. The van der Waals surface area contributed by atoms with Crippen molar-refractivity contribution in [3.63, 3.8) is 0 Å². The second-order valence-corrected chi connectivity index (χ2v) is 4.88. The first-order chi connectivity index (χ1) is 8.92. The molecule has 0 atom stereocenters. The van der Waals surface area contributed by atoms with Crippen molar-refractivity contribution in [1.82, 2.24) is 5.16 Å². The van der Waals surface area contributed by atoms with E-state index in [1.54, 1.807) is 13.0 Å². The fraction of sp³-hybridized carbons (Fsp3) is 0.250. The van der Waals surface area contributed by atoms with Gasteiger partial charge in [-0.2, -0.15) is 13.2 Å². The Morgan fingerprint density at radius 1 is 1.26 bits per heavy atom. The Labute approximate surface area is 111 Å². The quantitative estimate of drug-likeness (QED) is 0.791. The molecule has 0 N–H and O–H groups in total. The molecule has 19 heavy (non-hydrogen) atoms. The number of halogens is 3. The van der Waals surface area contributed by atoms with Gasteiger partial charge in [-0.25, -0.2) is 0 Å². The van der Waals surface area contributed by atoms with Gasteiger partial charge in [0.2, 0.25) is 0 Å². The molecule has 0 bridgehead atoms. The standard InChI is InChI=1S/C12H10F3NO2S/c1-8-6-10(18-16-8)7-17-9-2-4-11(5-3-9)19-12(13,14)15/h2-6H,7H2,1H3. The number of nitrogens with zero attached hydrogens (tertiary/aromatic N) is 1. The summed E-state index contributed by atoms with van der Waals surface area (Å²) in [5.41, 5.74) is -3.53. The SMILES string of the molecule is Cc1cc(COc2ccc(SC(F)(F)F)cc2)on1. The Bertz CT molecular complexity index is 537. The first kappa shape index (κ1) is 13.8. The average molecular weight is 289 g/mol. The molecule has 0 spiro atoms. The van der Waals surface area contributed by atoms with Crippen LogP contribution in [0.5, 0.6) is 5.75 Å². The molecular formula is C12H10F3NO2S. The number of thioether (sulfide) groups is 1. The highest BCUT2D eigenvalue weighted by Crippen LogP contribution is 2.37. The van der Waals surface area contributed by atoms with Crippen LogP contribution in [0, 0.1) is 6.92 Å². The monoisotopic (exact) mass is 289 g/mol. The van der Waals surface area contributed by atoms with Crippen LogP contribution >= 0.6 is 11.8 Å². The van der Waals surface area contributed by atoms with Crippen LogP contribution in [0.25, 0.3) is 0 Å². The summed E-state index contributed by atoms with van der Waals surface area (Å²) < 4.78 is 46.7. The molecule has 102 valence electrons. The topological polar surface area (TPSA) is 35.3 Å². The van der Waals surface area contributed by atoms with Crippen molar-refractivity contribution in [3.05, 3.63) is 41.8 Å². The Kier molecular flexibility index (Phi) is 4.04. The van der Waals surface area contributed by atoms with E-state index < -0.39 is 5.51 Å². The molecule has 1 aromatic heterocycles. The summed E-state index contributed by atoms with van der Waals surface area (Å²) in [6.07, 6.45) is 0. The maximum atomic E-state index is 12.1. The van der Waals surface area contributed by atoms with Crippen LogP contribution in [0.15, 0.2) is 39.8 Å². The molecule has 0 radical (unpaired) electrons. The van der Waals surface area contributed by atoms with Crippen molar-refractivity contribution in [3.8, 4) is 5.75 Å². The molecule has 2 rings (SSSR count).